The van der Waals surface area contributed by atoms with Gasteiger partial charge >= 0.3 is 5.43 Å². The molecule has 0 unspecified atom stereocenters. The van der Waals surface area contributed by atoms with Crippen LogP contribution in [0.2, 0.25) is 0 Å². The molecule has 0 aromatic heterocycles. The van der Waals surface area contributed by atoms with Gasteiger partial charge < -0.3 is 0 Å². The minimum absolute atomic E-state index is 0.365. The summed E-state index contributed by atoms with van der Waals surface area (Å²) in [4.78, 5) is 17.7. The van der Waals surface area contributed by atoms with Gasteiger partial charge in [0, 0.05) is 11.6 Å². The molecule has 0 atom stereocenters. The lowest BCUT2D eigenvalue weighted by Crippen LogP contribution is -2.13. The second kappa shape index (κ2) is 4.46. The van der Waals surface area contributed by atoms with E-state index >= 15 is 0 Å². The van der Waals surface area contributed by atoms with Crippen LogP contribution < -0.4 is 0 Å². The van der Waals surface area contributed by atoms with Crippen LogP contribution >= 0.6 is 46.4 Å². The molecule has 3 nitrogen and oxygen atoms in total. The van der Waals surface area contributed by atoms with Gasteiger partial charge in [0.15, 0.2) is 0 Å². The maximum Gasteiger partial charge on any atom is 0.435 e. The van der Waals surface area contributed by atoms with Gasteiger partial charge in [0.05, 0.1) is 0 Å². The molecule has 60 valence electrons. The Hall–Kier alpha value is 0.590. The fraction of sp³-hybridized carbons (Fsp3) is 0.667. The van der Waals surface area contributed by atoms with Crippen molar-refractivity contribution >= 4 is 51.8 Å². The average Bonchev–Trinajstić information content (AvgIpc) is 1.59. The molecule has 0 saturated heterocycles. The van der Waals surface area contributed by atoms with Crippen LogP contribution in [0.1, 0.15) is 0 Å². The Bertz CT molecular complexity index is 119. The number of halogens is 4. The van der Waals surface area contributed by atoms with Crippen molar-refractivity contribution in [2.24, 2.45) is 0 Å². The maximum atomic E-state index is 9.82. The first kappa shape index (κ1) is 10.6. The van der Waals surface area contributed by atoms with Crippen LogP contribution in [0.15, 0.2) is 0 Å². The Morgan fingerprint density at radius 1 is 1.40 bits per heavy atom. The highest BCUT2D eigenvalue weighted by Gasteiger charge is 2.21. The molecular formula is C3H2Cl4O3. The standard InChI is InChI=1S/C3H2Cl4O3/c4-2(8)10-9-1-3(5,6)7/h1H2. The minimum atomic E-state index is -1.60. The molecule has 0 spiro atoms. The summed E-state index contributed by atoms with van der Waals surface area (Å²) >= 11 is 20.3. The molecule has 0 fully saturated rings. The molecule has 0 aliphatic carbocycles. The highest BCUT2D eigenvalue weighted by molar-refractivity contribution is 6.67. The predicted molar refractivity (Wildman–Crippen MR) is 38.6 cm³/mol. The fourth-order valence-electron chi connectivity index (χ4n) is 0.143. The number of carbonyl (C=O) groups is 1. The van der Waals surface area contributed by atoms with E-state index in [1.807, 2.05) is 0 Å². The summed E-state index contributed by atoms with van der Waals surface area (Å²) in [6.45, 7) is -0.365. The number of carbonyl (C=O) groups excluding carboxylic acids is 1. The van der Waals surface area contributed by atoms with Crippen LogP contribution in [0, 0.1) is 0 Å². The minimum Gasteiger partial charge on any atom is -0.280 e. The number of alkyl halides is 3. The molecule has 0 saturated carbocycles. The van der Waals surface area contributed by atoms with Crippen LogP contribution in [0.5, 0.6) is 0 Å². The summed E-state index contributed by atoms with van der Waals surface area (Å²) in [6.07, 6.45) is 0. The van der Waals surface area contributed by atoms with E-state index in [0.717, 1.165) is 0 Å². The predicted octanol–water partition coefficient (Wildman–Crippen LogP) is 2.66. The van der Waals surface area contributed by atoms with Gasteiger partial charge in [0.25, 0.3) is 0 Å². The fourth-order valence-corrected chi connectivity index (χ4v) is 0.321. The van der Waals surface area contributed by atoms with Crippen molar-refractivity contribution in [3.05, 3.63) is 0 Å². The van der Waals surface area contributed by atoms with Gasteiger partial charge in [-0.05, 0) is 0 Å². The van der Waals surface area contributed by atoms with E-state index in [2.05, 4.69) is 9.78 Å². The van der Waals surface area contributed by atoms with Gasteiger partial charge in [-0.25, -0.2) is 4.79 Å². The lowest BCUT2D eigenvalue weighted by Gasteiger charge is -2.07. The first-order chi connectivity index (χ1) is 4.42. The Kier molecular flexibility index (Phi) is 4.73. The second-order valence-electron chi connectivity index (χ2n) is 1.20. The first-order valence-electron chi connectivity index (χ1n) is 1.97. The quantitative estimate of drug-likeness (QED) is 0.315. The van der Waals surface area contributed by atoms with Crippen molar-refractivity contribution in [2.45, 2.75) is 3.79 Å². The van der Waals surface area contributed by atoms with Gasteiger partial charge in [0.2, 0.25) is 3.79 Å². The third-order valence-electron chi connectivity index (χ3n) is 0.347. The zero-order chi connectivity index (χ0) is 8.20. The summed E-state index contributed by atoms with van der Waals surface area (Å²) in [5.74, 6) is 0. The van der Waals surface area contributed by atoms with E-state index < -0.39 is 9.22 Å². The molecule has 0 aromatic rings. The molecule has 0 bridgehead atoms. The second-order valence-corrected chi connectivity index (χ2v) is 4.02. The van der Waals surface area contributed by atoms with E-state index in [9.17, 15) is 4.79 Å². The molecule has 0 aromatic carbocycles. The van der Waals surface area contributed by atoms with Crippen LogP contribution in [-0.2, 0) is 9.78 Å². The van der Waals surface area contributed by atoms with E-state index in [4.69, 9.17) is 46.4 Å². The van der Waals surface area contributed by atoms with Crippen LogP contribution in [0.4, 0.5) is 4.79 Å². The Morgan fingerprint density at radius 3 is 2.20 bits per heavy atom. The zero-order valence-electron chi connectivity index (χ0n) is 4.44. The number of rotatable bonds is 2. The Labute approximate surface area is 77.0 Å². The normalized spacial score (nSPS) is 11.2. The van der Waals surface area contributed by atoms with E-state index in [0.29, 0.717) is 0 Å². The summed E-state index contributed by atoms with van der Waals surface area (Å²) in [5.41, 5.74) is -1.12. The van der Waals surface area contributed by atoms with Crippen molar-refractivity contribution in [1.29, 1.82) is 0 Å². The molecule has 0 aliphatic rings. The smallest absolute Gasteiger partial charge is 0.280 e. The van der Waals surface area contributed by atoms with Gasteiger partial charge in [-0.3, -0.25) is 4.89 Å². The number of hydrogen-bond acceptors (Lipinski definition) is 3. The van der Waals surface area contributed by atoms with Crippen molar-refractivity contribution in [3.63, 3.8) is 0 Å². The van der Waals surface area contributed by atoms with Crippen molar-refractivity contribution in [1.82, 2.24) is 0 Å². The monoisotopic (exact) mass is 226 g/mol. The Balaban J connectivity index is 3.29. The average molecular weight is 228 g/mol. The first-order valence-corrected chi connectivity index (χ1v) is 3.48. The molecular weight excluding hydrogens is 226 g/mol. The van der Waals surface area contributed by atoms with Crippen molar-refractivity contribution < 1.29 is 14.6 Å². The molecule has 0 aliphatic heterocycles. The molecule has 10 heavy (non-hydrogen) atoms. The van der Waals surface area contributed by atoms with Gasteiger partial charge in [0.1, 0.15) is 6.61 Å². The topological polar surface area (TPSA) is 35.5 Å². The third kappa shape index (κ3) is 8.59. The molecule has 0 amide bonds. The lowest BCUT2D eigenvalue weighted by molar-refractivity contribution is -0.229. The summed E-state index contributed by atoms with van der Waals surface area (Å²) in [5, 5.41) is 0. The summed E-state index contributed by atoms with van der Waals surface area (Å²) in [7, 11) is 0. The number of hydrogen-bond donors (Lipinski definition) is 0. The molecule has 0 N–H and O–H groups in total. The third-order valence-corrected chi connectivity index (χ3v) is 0.737. The highest BCUT2D eigenvalue weighted by atomic mass is 35.6. The van der Waals surface area contributed by atoms with E-state index in [1.54, 1.807) is 0 Å². The van der Waals surface area contributed by atoms with Crippen LogP contribution in [0.3, 0.4) is 0 Å². The molecule has 0 radical (unpaired) electrons. The highest BCUT2D eigenvalue weighted by Crippen LogP contribution is 2.25. The molecule has 0 rings (SSSR count). The zero-order valence-corrected chi connectivity index (χ0v) is 7.47. The van der Waals surface area contributed by atoms with Crippen molar-refractivity contribution in [3.8, 4) is 0 Å². The summed E-state index contributed by atoms with van der Waals surface area (Å²) in [6, 6.07) is 0. The van der Waals surface area contributed by atoms with E-state index in [-0.39, 0.29) is 6.61 Å². The van der Waals surface area contributed by atoms with Crippen molar-refractivity contribution in [2.75, 3.05) is 6.61 Å². The van der Waals surface area contributed by atoms with Crippen LogP contribution in [0.25, 0.3) is 0 Å². The molecule has 7 heteroatoms. The summed E-state index contributed by atoms with van der Waals surface area (Å²) < 4.78 is -1.60. The van der Waals surface area contributed by atoms with Gasteiger partial charge in [-0.2, -0.15) is 4.89 Å². The van der Waals surface area contributed by atoms with Gasteiger partial charge in [-0.1, -0.05) is 34.8 Å². The maximum absolute atomic E-state index is 9.82. The largest absolute Gasteiger partial charge is 0.435 e. The van der Waals surface area contributed by atoms with Crippen LogP contribution in [-0.4, -0.2) is 15.8 Å². The van der Waals surface area contributed by atoms with Gasteiger partial charge in [-0.15, -0.1) is 0 Å². The molecule has 0 heterocycles. The Morgan fingerprint density at radius 2 is 1.90 bits per heavy atom. The lowest BCUT2D eigenvalue weighted by atomic mass is 10.8. The SMILES string of the molecule is O=C(Cl)OOCC(Cl)(Cl)Cl. The van der Waals surface area contributed by atoms with E-state index in [1.165, 1.54) is 0 Å².